The largest absolute Gasteiger partial charge is 0.444 e. The molecule has 5 nitrogen and oxygen atoms in total. The number of nitrogens with zero attached hydrogens (tertiary/aromatic N) is 1. The lowest BCUT2D eigenvalue weighted by Crippen LogP contribution is -2.69. The Kier molecular flexibility index (Phi) is 7.65. The number of carbonyl (C=O) groups is 1. The second-order valence-corrected chi connectivity index (χ2v) is 16.0. The molecule has 1 heterocycles. The molecule has 1 aliphatic heterocycles. The molecule has 6 heteroatoms. The third-order valence-corrected chi connectivity index (χ3v) is 11.9. The van der Waals surface area contributed by atoms with Gasteiger partial charge in [0.1, 0.15) is 11.7 Å². The molecule has 0 aromatic heterocycles. The Bertz CT molecular complexity index is 1130. The molecule has 1 saturated heterocycles. The van der Waals surface area contributed by atoms with Gasteiger partial charge in [0.15, 0.2) is 6.23 Å². The highest BCUT2D eigenvalue weighted by Gasteiger charge is 2.56. The third-order valence-electron chi connectivity index (χ3n) is 6.91. The minimum Gasteiger partial charge on any atom is -0.444 e. The van der Waals surface area contributed by atoms with Gasteiger partial charge in [-0.2, -0.15) is 0 Å². The molecule has 1 N–H and O–H groups in total. The van der Waals surface area contributed by atoms with E-state index in [0.717, 1.165) is 15.9 Å². The fourth-order valence-corrected chi connectivity index (χ4v) is 9.99. The van der Waals surface area contributed by atoms with Gasteiger partial charge in [-0.25, -0.2) is 4.79 Å². The third kappa shape index (κ3) is 5.52. The summed E-state index contributed by atoms with van der Waals surface area (Å²) in [6, 6.07) is 30.0. The topological polar surface area (TPSA) is 59.0 Å². The number of hydrogen-bond acceptors (Lipinski definition) is 4. The summed E-state index contributed by atoms with van der Waals surface area (Å²) in [4.78, 5) is 15.4. The summed E-state index contributed by atoms with van der Waals surface area (Å²) >= 11 is 0. The van der Waals surface area contributed by atoms with E-state index in [1.54, 1.807) is 4.90 Å². The molecule has 4 rings (SSSR count). The number of carbonyl (C=O) groups excluding carboxylic acids is 1. The van der Waals surface area contributed by atoms with Crippen LogP contribution in [0.3, 0.4) is 0 Å². The Morgan fingerprint density at radius 3 is 1.70 bits per heavy atom. The van der Waals surface area contributed by atoms with Crippen molar-refractivity contribution in [3.05, 3.63) is 96.6 Å². The van der Waals surface area contributed by atoms with Gasteiger partial charge in [-0.1, -0.05) is 112 Å². The van der Waals surface area contributed by atoms with E-state index in [9.17, 15) is 9.90 Å². The summed E-state index contributed by atoms with van der Waals surface area (Å²) in [5.74, 6) is 0. The maximum Gasteiger partial charge on any atom is 0.412 e. The molecule has 0 bridgehead atoms. The van der Waals surface area contributed by atoms with Crippen LogP contribution in [0.2, 0.25) is 5.04 Å². The normalized spacial score (nSPS) is 20.6. The lowest BCUT2D eigenvalue weighted by molar-refractivity contribution is -0.0475. The molecule has 0 aliphatic carbocycles. The van der Waals surface area contributed by atoms with Gasteiger partial charge < -0.3 is 14.3 Å². The summed E-state index contributed by atoms with van der Waals surface area (Å²) in [7, 11) is -3.04. The summed E-state index contributed by atoms with van der Waals surface area (Å²) in [5, 5.41) is 13.4. The predicted molar refractivity (Wildman–Crippen MR) is 150 cm³/mol. The van der Waals surface area contributed by atoms with E-state index < -0.39 is 32.3 Å². The van der Waals surface area contributed by atoms with Gasteiger partial charge in [0.25, 0.3) is 8.32 Å². The highest BCUT2D eigenvalue weighted by Crippen LogP contribution is 2.43. The standard InChI is InChI=1S/C31H39NO4Si/c1-30(2,3)35-29(34)32-26(23-16-10-7-11-17-23)22-27(33)28(32)36-37(31(4,5)6,24-18-12-8-13-19-24)25-20-14-9-15-21-25/h7-21,26-28,33H,22H2,1-6H3. The van der Waals surface area contributed by atoms with Crippen molar-refractivity contribution in [3.8, 4) is 0 Å². The molecule has 196 valence electrons. The number of hydrogen-bond donors (Lipinski definition) is 1. The van der Waals surface area contributed by atoms with Crippen LogP contribution in [0.5, 0.6) is 0 Å². The smallest absolute Gasteiger partial charge is 0.412 e. The van der Waals surface area contributed by atoms with E-state index in [0.29, 0.717) is 6.42 Å². The van der Waals surface area contributed by atoms with Gasteiger partial charge in [0, 0.05) is 6.42 Å². The van der Waals surface area contributed by atoms with E-state index in [-0.39, 0.29) is 11.1 Å². The van der Waals surface area contributed by atoms with E-state index >= 15 is 0 Å². The van der Waals surface area contributed by atoms with Crippen molar-refractivity contribution in [2.24, 2.45) is 0 Å². The maximum atomic E-state index is 13.7. The van der Waals surface area contributed by atoms with E-state index in [4.69, 9.17) is 9.16 Å². The average Bonchev–Trinajstić information content (AvgIpc) is 3.18. The van der Waals surface area contributed by atoms with Crippen LogP contribution in [0.4, 0.5) is 4.79 Å². The molecule has 3 atom stereocenters. The Morgan fingerprint density at radius 1 is 0.811 bits per heavy atom. The van der Waals surface area contributed by atoms with Gasteiger partial charge in [-0.05, 0) is 41.7 Å². The van der Waals surface area contributed by atoms with Gasteiger partial charge in [0.05, 0.1) is 6.04 Å². The Morgan fingerprint density at radius 2 is 1.27 bits per heavy atom. The van der Waals surface area contributed by atoms with Crippen LogP contribution < -0.4 is 10.4 Å². The van der Waals surface area contributed by atoms with Crippen LogP contribution >= 0.6 is 0 Å². The van der Waals surface area contributed by atoms with Gasteiger partial charge in [-0.3, -0.25) is 4.90 Å². The van der Waals surface area contributed by atoms with Crippen LogP contribution in [0.25, 0.3) is 0 Å². The van der Waals surface area contributed by atoms with Crippen LogP contribution in [-0.4, -0.2) is 42.3 Å². The molecule has 3 unspecified atom stereocenters. The zero-order valence-corrected chi connectivity index (χ0v) is 23.7. The first kappa shape index (κ1) is 27.1. The van der Waals surface area contributed by atoms with Crippen LogP contribution in [-0.2, 0) is 9.16 Å². The van der Waals surface area contributed by atoms with E-state index in [1.807, 2.05) is 87.5 Å². The van der Waals surface area contributed by atoms with Crippen LogP contribution in [0.1, 0.15) is 59.6 Å². The van der Waals surface area contributed by atoms with Crippen molar-refractivity contribution in [1.82, 2.24) is 4.90 Å². The van der Waals surface area contributed by atoms with Gasteiger partial charge in [0.2, 0.25) is 0 Å². The highest BCUT2D eigenvalue weighted by molar-refractivity contribution is 6.99. The number of ether oxygens (including phenoxy) is 1. The van der Waals surface area contributed by atoms with Crippen molar-refractivity contribution in [3.63, 3.8) is 0 Å². The second kappa shape index (κ2) is 10.4. The summed E-state index contributed by atoms with van der Waals surface area (Å²) in [5.41, 5.74) is 0.259. The number of aliphatic hydroxyl groups is 1. The number of benzene rings is 3. The SMILES string of the molecule is CC(C)(C)OC(=O)N1C(c2ccccc2)CC(O)C1O[Si](c1ccccc1)(c1ccccc1)C(C)(C)C. The molecule has 37 heavy (non-hydrogen) atoms. The zero-order valence-electron chi connectivity index (χ0n) is 22.7. The Hall–Kier alpha value is -2.93. The van der Waals surface area contributed by atoms with Crippen LogP contribution in [0.15, 0.2) is 91.0 Å². The number of amides is 1. The molecule has 3 aromatic rings. The zero-order chi connectivity index (χ0) is 26.8. The average molecular weight is 518 g/mol. The van der Waals surface area contributed by atoms with Crippen molar-refractivity contribution >= 4 is 24.8 Å². The monoisotopic (exact) mass is 517 g/mol. The molecular formula is C31H39NO4Si. The van der Waals surface area contributed by atoms with Gasteiger partial charge in [-0.15, -0.1) is 0 Å². The molecule has 0 spiro atoms. The van der Waals surface area contributed by atoms with Crippen molar-refractivity contribution in [2.45, 2.75) is 77.0 Å². The fraction of sp³-hybridized carbons (Fsp3) is 0.387. The molecule has 1 amide bonds. The maximum absolute atomic E-state index is 13.7. The van der Waals surface area contributed by atoms with E-state index in [2.05, 4.69) is 45.0 Å². The quantitative estimate of drug-likeness (QED) is 0.446. The van der Waals surface area contributed by atoms with Crippen molar-refractivity contribution < 1.29 is 19.1 Å². The minimum absolute atomic E-state index is 0.306. The molecule has 1 fully saturated rings. The molecule has 3 aromatic carbocycles. The first-order valence-corrected chi connectivity index (χ1v) is 14.9. The summed E-state index contributed by atoms with van der Waals surface area (Å²) in [6.45, 7) is 12.1. The second-order valence-electron chi connectivity index (χ2n) is 11.8. The first-order valence-electron chi connectivity index (χ1n) is 13.0. The van der Waals surface area contributed by atoms with Crippen LogP contribution in [0, 0.1) is 0 Å². The van der Waals surface area contributed by atoms with Crippen molar-refractivity contribution in [1.29, 1.82) is 0 Å². The number of likely N-dealkylation sites (tertiary alicyclic amines) is 1. The molecule has 0 saturated carbocycles. The number of aliphatic hydroxyl groups excluding tert-OH is 1. The first-order chi connectivity index (χ1) is 17.4. The minimum atomic E-state index is -3.04. The van der Waals surface area contributed by atoms with E-state index in [1.165, 1.54) is 0 Å². The fourth-order valence-electron chi connectivity index (χ4n) is 5.35. The lowest BCUT2D eigenvalue weighted by Gasteiger charge is -2.46. The summed E-state index contributed by atoms with van der Waals surface area (Å²) in [6.07, 6.45) is -1.86. The molecule has 0 radical (unpaired) electrons. The number of rotatable bonds is 5. The van der Waals surface area contributed by atoms with Gasteiger partial charge >= 0.3 is 6.09 Å². The predicted octanol–water partition coefficient (Wildman–Crippen LogP) is 5.63. The molecular weight excluding hydrogens is 478 g/mol. The molecule has 1 aliphatic rings. The van der Waals surface area contributed by atoms with Crippen molar-refractivity contribution in [2.75, 3.05) is 0 Å². The lowest BCUT2D eigenvalue weighted by atomic mass is 10.0. The highest BCUT2D eigenvalue weighted by atomic mass is 28.4. The Labute approximate surface area is 222 Å². The Balaban J connectivity index is 1.88. The summed E-state index contributed by atoms with van der Waals surface area (Å²) < 4.78 is 13.1.